The minimum Gasteiger partial charge on any atom is -0.396 e. The first-order valence-electron chi connectivity index (χ1n) is 11.9. The summed E-state index contributed by atoms with van der Waals surface area (Å²) in [6.45, 7) is 3.06. The molecule has 0 radical (unpaired) electrons. The number of likely N-dealkylation sites (tertiary alicyclic amines) is 1. The zero-order valence-electron chi connectivity index (χ0n) is 19.6. The highest BCUT2D eigenvalue weighted by Gasteiger charge is 2.55. The molecular weight excluding hydrogens is 442 g/mol. The number of allylic oxidation sites excluding steroid dienone is 1. The van der Waals surface area contributed by atoms with Crippen molar-refractivity contribution in [1.29, 1.82) is 0 Å². The van der Waals surface area contributed by atoms with Crippen molar-refractivity contribution < 1.29 is 9.90 Å². The topological polar surface area (TPSA) is 100 Å². The van der Waals surface area contributed by atoms with E-state index in [1.807, 2.05) is 61.5 Å². The standard InChI is InChI=1S/C27H29N5O3/c1-2-6-20-9-10-23-24-21(15-31(23)27(20)35)22(16-33)25(32(24)14-19-11-28-17-29-12-19)26(34)30-13-18-7-4-3-5-8-18/h2-12,17,21-22,24-25,33H,13-16H2,1H3,(H,30,34)/b6-2+/t21-,22-,24+,25-/m1/s1. The Morgan fingerprint density at radius 1 is 1.14 bits per heavy atom. The normalized spacial score (nSPS) is 23.4. The third-order valence-electron chi connectivity index (χ3n) is 7.12. The highest BCUT2D eigenvalue weighted by atomic mass is 16.3. The van der Waals surface area contributed by atoms with Gasteiger partial charge in [0.1, 0.15) is 6.33 Å². The van der Waals surface area contributed by atoms with Crippen LogP contribution in [0.3, 0.4) is 0 Å². The number of rotatable bonds is 7. The van der Waals surface area contributed by atoms with Gasteiger partial charge in [-0.25, -0.2) is 9.97 Å². The molecule has 1 fully saturated rings. The maximum Gasteiger partial charge on any atom is 0.258 e. The van der Waals surface area contributed by atoms with Gasteiger partial charge < -0.3 is 15.0 Å². The quantitative estimate of drug-likeness (QED) is 0.548. The number of aromatic nitrogens is 3. The molecule has 1 amide bonds. The van der Waals surface area contributed by atoms with Crippen LogP contribution in [0.1, 0.15) is 35.3 Å². The first-order chi connectivity index (χ1) is 17.1. The number of carbonyl (C=O) groups excluding carboxylic acids is 1. The van der Waals surface area contributed by atoms with Gasteiger partial charge in [0.15, 0.2) is 0 Å². The lowest BCUT2D eigenvalue weighted by Gasteiger charge is -2.30. The second kappa shape index (κ2) is 9.93. The Labute approximate surface area is 204 Å². The molecule has 2 N–H and O–H groups in total. The number of hydrogen-bond donors (Lipinski definition) is 2. The number of nitrogens with zero attached hydrogens (tertiary/aromatic N) is 4. The molecule has 35 heavy (non-hydrogen) atoms. The molecule has 4 heterocycles. The van der Waals surface area contributed by atoms with Gasteiger partial charge >= 0.3 is 0 Å². The molecule has 8 heteroatoms. The van der Waals surface area contributed by atoms with E-state index in [1.165, 1.54) is 6.33 Å². The summed E-state index contributed by atoms with van der Waals surface area (Å²) in [7, 11) is 0. The van der Waals surface area contributed by atoms with Crippen molar-refractivity contribution in [1.82, 2.24) is 24.8 Å². The van der Waals surface area contributed by atoms with E-state index in [0.717, 1.165) is 16.8 Å². The van der Waals surface area contributed by atoms with Crippen LogP contribution in [0.4, 0.5) is 0 Å². The summed E-state index contributed by atoms with van der Waals surface area (Å²) >= 11 is 0. The molecule has 0 saturated carbocycles. The van der Waals surface area contributed by atoms with E-state index >= 15 is 0 Å². The molecule has 8 nitrogen and oxygen atoms in total. The molecule has 1 saturated heterocycles. The lowest BCUT2D eigenvalue weighted by Crippen LogP contribution is -2.47. The van der Waals surface area contributed by atoms with Gasteiger partial charge in [0, 0.05) is 67.3 Å². The van der Waals surface area contributed by atoms with Crippen LogP contribution >= 0.6 is 0 Å². The summed E-state index contributed by atoms with van der Waals surface area (Å²) in [4.78, 5) is 37.1. The Hall–Kier alpha value is -3.62. The first-order valence-corrected chi connectivity index (χ1v) is 11.9. The summed E-state index contributed by atoms with van der Waals surface area (Å²) in [5.74, 6) is -0.505. The SMILES string of the molecule is C/C=C/c1ccc2n(c1=O)C[C@@H]1[C@@H](CO)[C@H](C(=O)NCc3ccccc3)N(Cc3cncnc3)[C@H]21. The highest BCUT2D eigenvalue weighted by Crippen LogP contribution is 2.49. The van der Waals surface area contributed by atoms with Crippen LogP contribution in [0.25, 0.3) is 6.08 Å². The van der Waals surface area contributed by atoms with Gasteiger partial charge in [-0.1, -0.05) is 42.5 Å². The van der Waals surface area contributed by atoms with Gasteiger partial charge in [-0.3, -0.25) is 14.5 Å². The van der Waals surface area contributed by atoms with E-state index in [2.05, 4.69) is 20.2 Å². The summed E-state index contributed by atoms with van der Waals surface area (Å²) in [5, 5.41) is 13.5. The zero-order valence-corrected chi connectivity index (χ0v) is 19.6. The number of hydrogen-bond acceptors (Lipinski definition) is 6. The van der Waals surface area contributed by atoms with Crippen molar-refractivity contribution in [2.75, 3.05) is 6.61 Å². The number of benzene rings is 1. The monoisotopic (exact) mass is 471 g/mol. The number of aliphatic hydroxyl groups excluding tert-OH is 1. The van der Waals surface area contributed by atoms with Crippen LogP contribution in [0, 0.1) is 11.8 Å². The molecule has 0 aliphatic carbocycles. The number of pyridine rings is 1. The lowest BCUT2D eigenvalue weighted by molar-refractivity contribution is -0.128. The highest BCUT2D eigenvalue weighted by molar-refractivity contribution is 5.82. The van der Waals surface area contributed by atoms with Gasteiger partial charge in [0.2, 0.25) is 5.91 Å². The van der Waals surface area contributed by atoms with E-state index in [1.54, 1.807) is 17.0 Å². The number of amides is 1. The van der Waals surface area contributed by atoms with Crippen LogP contribution in [0.5, 0.6) is 0 Å². The van der Waals surface area contributed by atoms with Crippen molar-refractivity contribution >= 4 is 12.0 Å². The molecule has 1 aromatic carbocycles. The molecule has 0 bridgehead atoms. The molecule has 2 aliphatic heterocycles. The Bertz CT molecular complexity index is 1270. The summed E-state index contributed by atoms with van der Waals surface area (Å²) < 4.78 is 1.81. The maximum atomic E-state index is 13.6. The molecule has 3 aromatic rings. The number of nitrogens with one attached hydrogen (secondary N) is 1. The predicted molar refractivity (Wildman–Crippen MR) is 132 cm³/mol. The minimum absolute atomic E-state index is 0.0419. The molecule has 2 aromatic heterocycles. The number of aliphatic hydroxyl groups is 1. The average molecular weight is 472 g/mol. The first kappa shape index (κ1) is 23.1. The van der Waals surface area contributed by atoms with Crippen LogP contribution in [-0.2, 0) is 24.4 Å². The summed E-state index contributed by atoms with van der Waals surface area (Å²) in [5.41, 5.74) is 3.35. The van der Waals surface area contributed by atoms with Crippen molar-refractivity contribution in [2.45, 2.75) is 38.6 Å². The van der Waals surface area contributed by atoms with Gasteiger partial charge in [0.25, 0.3) is 5.56 Å². The molecular formula is C27H29N5O3. The van der Waals surface area contributed by atoms with Crippen LogP contribution < -0.4 is 10.9 Å². The predicted octanol–water partition coefficient (Wildman–Crippen LogP) is 2.15. The fourth-order valence-corrected chi connectivity index (χ4v) is 5.62. The van der Waals surface area contributed by atoms with E-state index in [9.17, 15) is 14.7 Å². The summed E-state index contributed by atoms with van der Waals surface area (Å²) in [6.07, 6.45) is 8.62. The van der Waals surface area contributed by atoms with Crippen LogP contribution in [0.2, 0.25) is 0 Å². The van der Waals surface area contributed by atoms with E-state index in [0.29, 0.717) is 25.2 Å². The van der Waals surface area contributed by atoms with Crippen molar-refractivity contribution in [3.63, 3.8) is 0 Å². The maximum absolute atomic E-state index is 13.6. The largest absolute Gasteiger partial charge is 0.396 e. The number of fused-ring (bicyclic) bond motifs is 3. The Kier molecular flexibility index (Phi) is 6.57. The van der Waals surface area contributed by atoms with Crippen molar-refractivity contribution in [3.05, 3.63) is 100.0 Å². The molecule has 180 valence electrons. The molecule has 0 unspecified atom stereocenters. The minimum atomic E-state index is -0.544. The summed E-state index contributed by atoms with van der Waals surface area (Å²) in [6, 6.07) is 12.9. The average Bonchev–Trinajstić information content (AvgIpc) is 3.41. The fraction of sp³-hybridized carbons (Fsp3) is 0.333. The van der Waals surface area contributed by atoms with Gasteiger partial charge in [-0.15, -0.1) is 0 Å². The Balaban J connectivity index is 1.51. The Morgan fingerprint density at radius 2 is 1.91 bits per heavy atom. The smallest absolute Gasteiger partial charge is 0.258 e. The van der Waals surface area contributed by atoms with Gasteiger partial charge in [0.05, 0.1) is 12.1 Å². The molecule has 4 atom stereocenters. The molecule has 0 spiro atoms. The van der Waals surface area contributed by atoms with Gasteiger partial charge in [-0.2, -0.15) is 0 Å². The fourth-order valence-electron chi connectivity index (χ4n) is 5.62. The van der Waals surface area contributed by atoms with Crippen molar-refractivity contribution in [2.24, 2.45) is 11.8 Å². The van der Waals surface area contributed by atoms with E-state index in [4.69, 9.17) is 0 Å². The second-order valence-corrected chi connectivity index (χ2v) is 9.15. The van der Waals surface area contributed by atoms with E-state index in [-0.39, 0.29) is 36.0 Å². The third-order valence-corrected chi connectivity index (χ3v) is 7.12. The zero-order chi connectivity index (χ0) is 24.4. The van der Waals surface area contributed by atoms with Crippen molar-refractivity contribution in [3.8, 4) is 0 Å². The lowest BCUT2D eigenvalue weighted by atomic mass is 9.88. The van der Waals surface area contributed by atoms with Crippen LogP contribution in [0.15, 0.2) is 72.1 Å². The number of carbonyl (C=O) groups is 1. The van der Waals surface area contributed by atoms with E-state index < -0.39 is 6.04 Å². The van der Waals surface area contributed by atoms with Gasteiger partial charge in [-0.05, 0) is 24.6 Å². The second-order valence-electron chi connectivity index (χ2n) is 9.15. The Morgan fingerprint density at radius 3 is 2.63 bits per heavy atom. The third kappa shape index (κ3) is 4.31. The van der Waals surface area contributed by atoms with Crippen LogP contribution in [-0.4, -0.2) is 43.1 Å². The molecule has 2 aliphatic rings. The molecule has 5 rings (SSSR count).